The summed E-state index contributed by atoms with van der Waals surface area (Å²) in [6, 6.07) is 0. The monoisotopic (exact) mass is 164 g/mol. The normalized spacial score (nSPS) is 12.6. The Balaban J connectivity index is 3.30. The van der Waals surface area contributed by atoms with E-state index in [9.17, 15) is 4.79 Å². The first-order valence-electron chi connectivity index (χ1n) is 3.14. The van der Waals surface area contributed by atoms with Crippen LogP contribution >= 0.6 is 0 Å². The zero-order valence-electron chi connectivity index (χ0n) is 6.32. The van der Waals surface area contributed by atoms with Crippen molar-refractivity contribution in [1.82, 2.24) is 0 Å². The Morgan fingerprint density at radius 2 is 2.27 bits per heavy atom. The van der Waals surface area contributed by atoms with Crippen molar-refractivity contribution in [3.8, 4) is 0 Å². The van der Waals surface area contributed by atoms with Crippen molar-refractivity contribution in [1.29, 1.82) is 0 Å². The first kappa shape index (κ1) is 10.3. The quantitative estimate of drug-likeness (QED) is 0.485. The van der Waals surface area contributed by atoms with Crippen molar-refractivity contribution in [3.05, 3.63) is 0 Å². The third-order valence-corrected chi connectivity index (χ3v) is 0.910. The Bertz CT molecular complexity index is 114. The van der Waals surface area contributed by atoms with Gasteiger partial charge in [0.05, 0.1) is 6.61 Å². The molecule has 5 heteroatoms. The SMILES string of the molecule is COCC(=O)OCC(O)CO. The zero-order valence-corrected chi connectivity index (χ0v) is 6.32. The van der Waals surface area contributed by atoms with Gasteiger partial charge < -0.3 is 19.7 Å². The Kier molecular flexibility index (Phi) is 5.73. The Hall–Kier alpha value is -0.650. The van der Waals surface area contributed by atoms with Gasteiger partial charge in [0.1, 0.15) is 19.3 Å². The van der Waals surface area contributed by atoms with Gasteiger partial charge in [0.25, 0.3) is 0 Å². The fourth-order valence-corrected chi connectivity index (χ4v) is 0.401. The highest BCUT2D eigenvalue weighted by molar-refractivity contribution is 5.70. The minimum atomic E-state index is -1.00. The zero-order chi connectivity index (χ0) is 8.69. The average Bonchev–Trinajstić information content (AvgIpc) is 2.01. The molecule has 66 valence electrons. The van der Waals surface area contributed by atoms with Crippen LogP contribution in [-0.2, 0) is 14.3 Å². The van der Waals surface area contributed by atoms with E-state index in [4.69, 9.17) is 10.2 Å². The lowest BCUT2D eigenvalue weighted by Gasteiger charge is -2.07. The first-order valence-corrected chi connectivity index (χ1v) is 3.14. The number of aliphatic hydroxyl groups excluding tert-OH is 2. The number of methoxy groups -OCH3 is 1. The summed E-state index contributed by atoms with van der Waals surface area (Å²) in [7, 11) is 1.36. The lowest BCUT2D eigenvalue weighted by molar-refractivity contribution is -0.151. The van der Waals surface area contributed by atoms with Crippen LogP contribution in [-0.4, -0.2) is 49.2 Å². The van der Waals surface area contributed by atoms with E-state index in [1.165, 1.54) is 7.11 Å². The summed E-state index contributed by atoms with van der Waals surface area (Å²) in [5.41, 5.74) is 0. The number of rotatable bonds is 5. The Morgan fingerprint density at radius 3 is 2.73 bits per heavy atom. The predicted molar refractivity (Wildman–Crippen MR) is 35.9 cm³/mol. The van der Waals surface area contributed by atoms with E-state index in [0.29, 0.717) is 0 Å². The summed E-state index contributed by atoms with van der Waals surface area (Å²) in [6.07, 6.45) is -1.00. The summed E-state index contributed by atoms with van der Waals surface area (Å²) < 4.78 is 8.91. The fourth-order valence-electron chi connectivity index (χ4n) is 0.401. The van der Waals surface area contributed by atoms with Crippen LogP contribution in [0.4, 0.5) is 0 Å². The molecule has 1 unspecified atom stereocenters. The minimum absolute atomic E-state index is 0.141. The van der Waals surface area contributed by atoms with Gasteiger partial charge in [-0.1, -0.05) is 0 Å². The summed E-state index contributed by atoms with van der Waals surface area (Å²) >= 11 is 0. The van der Waals surface area contributed by atoms with Crippen molar-refractivity contribution in [2.24, 2.45) is 0 Å². The van der Waals surface area contributed by atoms with Crippen LogP contribution in [0.2, 0.25) is 0 Å². The summed E-state index contributed by atoms with van der Waals surface area (Å²) in [5, 5.41) is 17.0. The molecule has 0 amide bonds. The molecule has 2 N–H and O–H groups in total. The standard InChI is InChI=1S/C6H12O5/c1-10-4-6(9)11-3-5(8)2-7/h5,7-8H,2-4H2,1H3. The number of carbonyl (C=O) groups is 1. The molecule has 0 rings (SSSR count). The van der Waals surface area contributed by atoms with Crippen LogP contribution in [0.3, 0.4) is 0 Å². The van der Waals surface area contributed by atoms with E-state index in [2.05, 4.69) is 9.47 Å². The number of hydrogen-bond donors (Lipinski definition) is 2. The number of ether oxygens (including phenoxy) is 2. The molecule has 5 nitrogen and oxygen atoms in total. The van der Waals surface area contributed by atoms with E-state index in [1.54, 1.807) is 0 Å². The molecule has 0 aliphatic carbocycles. The average molecular weight is 164 g/mol. The number of hydrogen-bond acceptors (Lipinski definition) is 5. The van der Waals surface area contributed by atoms with Crippen LogP contribution in [0.5, 0.6) is 0 Å². The molecule has 0 saturated heterocycles. The van der Waals surface area contributed by atoms with E-state index in [-0.39, 0.29) is 13.2 Å². The van der Waals surface area contributed by atoms with E-state index in [1.807, 2.05) is 0 Å². The molecule has 1 atom stereocenters. The molecule has 0 heterocycles. The molecule has 0 fully saturated rings. The van der Waals surface area contributed by atoms with Gasteiger partial charge in [-0.2, -0.15) is 0 Å². The molecule has 0 aliphatic heterocycles. The van der Waals surface area contributed by atoms with Crippen molar-refractivity contribution in [3.63, 3.8) is 0 Å². The van der Waals surface area contributed by atoms with E-state index in [0.717, 1.165) is 0 Å². The van der Waals surface area contributed by atoms with Crippen LogP contribution in [0, 0.1) is 0 Å². The van der Waals surface area contributed by atoms with E-state index < -0.39 is 18.7 Å². The van der Waals surface area contributed by atoms with Crippen molar-refractivity contribution in [2.75, 3.05) is 26.9 Å². The van der Waals surface area contributed by atoms with Crippen LogP contribution < -0.4 is 0 Å². The molecule has 0 saturated carbocycles. The smallest absolute Gasteiger partial charge is 0.332 e. The number of aliphatic hydroxyl groups is 2. The number of carbonyl (C=O) groups excluding carboxylic acids is 1. The molecule has 0 aliphatic rings. The lowest BCUT2D eigenvalue weighted by atomic mass is 10.4. The fraction of sp³-hybridized carbons (Fsp3) is 0.833. The topological polar surface area (TPSA) is 76.0 Å². The van der Waals surface area contributed by atoms with Gasteiger partial charge in [-0.15, -0.1) is 0 Å². The third-order valence-electron chi connectivity index (χ3n) is 0.910. The molecular weight excluding hydrogens is 152 g/mol. The summed E-state index contributed by atoms with van der Waals surface area (Å²) in [4.78, 5) is 10.5. The molecule has 0 spiro atoms. The summed E-state index contributed by atoms with van der Waals surface area (Å²) in [6.45, 7) is -0.753. The number of esters is 1. The van der Waals surface area contributed by atoms with Crippen molar-refractivity contribution < 1.29 is 24.5 Å². The maximum Gasteiger partial charge on any atom is 0.332 e. The Morgan fingerprint density at radius 1 is 1.64 bits per heavy atom. The highest BCUT2D eigenvalue weighted by atomic mass is 16.6. The second-order valence-corrected chi connectivity index (χ2v) is 1.95. The highest BCUT2D eigenvalue weighted by Crippen LogP contribution is 1.85. The van der Waals surface area contributed by atoms with Gasteiger partial charge in [-0.25, -0.2) is 4.79 Å². The molecule has 0 aromatic rings. The third kappa shape index (κ3) is 5.78. The van der Waals surface area contributed by atoms with Crippen LogP contribution in [0.1, 0.15) is 0 Å². The molecule has 0 radical (unpaired) electrons. The largest absolute Gasteiger partial charge is 0.461 e. The maximum absolute atomic E-state index is 10.5. The second-order valence-electron chi connectivity index (χ2n) is 1.95. The molecule has 11 heavy (non-hydrogen) atoms. The second kappa shape index (κ2) is 6.09. The molecular formula is C6H12O5. The maximum atomic E-state index is 10.5. The van der Waals surface area contributed by atoms with E-state index >= 15 is 0 Å². The lowest BCUT2D eigenvalue weighted by Crippen LogP contribution is -2.23. The van der Waals surface area contributed by atoms with Gasteiger partial charge >= 0.3 is 5.97 Å². The van der Waals surface area contributed by atoms with Crippen LogP contribution in [0.15, 0.2) is 0 Å². The van der Waals surface area contributed by atoms with Gasteiger partial charge in [-0.05, 0) is 0 Å². The van der Waals surface area contributed by atoms with Gasteiger partial charge in [0.15, 0.2) is 0 Å². The van der Waals surface area contributed by atoms with Crippen molar-refractivity contribution in [2.45, 2.75) is 6.10 Å². The van der Waals surface area contributed by atoms with Gasteiger partial charge in [0.2, 0.25) is 0 Å². The van der Waals surface area contributed by atoms with Gasteiger partial charge in [-0.3, -0.25) is 0 Å². The van der Waals surface area contributed by atoms with Gasteiger partial charge in [0, 0.05) is 7.11 Å². The molecule has 0 aromatic carbocycles. The predicted octanol–water partition coefficient (Wildman–Crippen LogP) is -1.47. The highest BCUT2D eigenvalue weighted by Gasteiger charge is 2.06. The first-order chi connectivity index (χ1) is 5.20. The molecule has 0 aromatic heterocycles. The van der Waals surface area contributed by atoms with Crippen molar-refractivity contribution >= 4 is 5.97 Å². The summed E-state index contributed by atoms with van der Waals surface area (Å²) in [5.74, 6) is -0.556. The Labute approximate surface area is 64.5 Å². The van der Waals surface area contributed by atoms with Crippen LogP contribution in [0.25, 0.3) is 0 Å². The molecule has 0 bridgehead atoms. The minimum Gasteiger partial charge on any atom is -0.461 e.